The molecule has 3 aromatic heterocycles. The Morgan fingerprint density at radius 1 is 1.24 bits per heavy atom. The molecule has 10 heteroatoms. The first-order valence-corrected chi connectivity index (χ1v) is 12.4. The van der Waals surface area contributed by atoms with Crippen molar-refractivity contribution in [1.82, 2.24) is 15.3 Å². The molecule has 2 atom stereocenters. The number of carbonyl (C=O) groups is 1. The summed E-state index contributed by atoms with van der Waals surface area (Å²) in [6.07, 6.45) is 1.57. The standard InChI is InChI=1S/C24H25N3O5S2/c1-13(21-26-23(29)20-16(12-33-24(20)27-21)17-6-5-9-32-17)34-14(2)22(28)25-11-15-7-8-18(30-3)19(10-15)31-4/h5-10,12-14H,11H2,1-4H3,(H,25,28)(H,26,27,29). The Morgan fingerprint density at radius 2 is 2.03 bits per heavy atom. The van der Waals surface area contributed by atoms with E-state index in [1.54, 1.807) is 32.6 Å². The average molecular weight is 500 g/mol. The highest BCUT2D eigenvalue weighted by atomic mass is 32.2. The molecule has 8 nitrogen and oxygen atoms in total. The predicted octanol–water partition coefficient (Wildman–Crippen LogP) is 4.76. The molecule has 3 heterocycles. The number of fused-ring (bicyclic) bond motifs is 1. The summed E-state index contributed by atoms with van der Waals surface area (Å²) < 4.78 is 16.0. The summed E-state index contributed by atoms with van der Waals surface area (Å²) in [5.74, 6) is 2.31. The minimum Gasteiger partial charge on any atom is -0.493 e. The van der Waals surface area contributed by atoms with Crippen molar-refractivity contribution in [3.8, 4) is 22.8 Å². The van der Waals surface area contributed by atoms with Crippen LogP contribution < -0.4 is 20.3 Å². The van der Waals surface area contributed by atoms with Crippen LogP contribution in [0.4, 0.5) is 0 Å². The highest BCUT2D eigenvalue weighted by Gasteiger charge is 2.22. The largest absolute Gasteiger partial charge is 0.493 e. The third kappa shape index (κ3) is 4.97. The van der Waals surface area contributed by atoms with Gasteiger partial charge in [0, 0.05) is 17.5 Å². The monoisotopic (exact) mass is 499 g/mol. The van der Waals surface area contributed by atoms with Gasteiger partial charge in [-0.05, 0) is 43.7 Å². The van der Waals surface area contributed by atoms with Gasteiger partial charge in [-0.25, -0.2) is 4.98 Å². The first-order chi connectivity index (χ1) is 16.4. The van der Waals surface area contributed by atoms with Gasteiger partial charge in [0.2, 0.25) is 5.91 Å². The lowest BCUT2D eigenvalue weighted by Crippen LogP contribution is -2.31. The number of methoxy groups -OCH3 is 2. The number of aromatic nitrogens is 2. The molecule has 0 spiro atoms. The summed E-state index contributed by atoms with van der Waals surface area (Å²) in [7, 11) is 3.15. The van der Waals surface area contributed by atoms with Gasteiger partial charge in [-0.1, -0.05) is 6.07 Å². The molecule has 1 amide bonds. The Bertz CT molecular complexity index is 1350. The zero-order chi connectivity index (χ0) is 24.2. The van der Waals surface area contributed by atoms with E-state index in [9.17, 15) is 9.59 Å². The van der Waals surface area contributed by atoms with Crippen LogP contribution in [0.15, 0.2) is 51.2 Å². The number of hydrogen-bond acceptors (Lipinski definition) is 8. The van der Waals surface area contributed by atoms with Crippen molar-refractivity contribution < 1.29 is 18.7 Å². The second-order valence-corrected chi connectivity index (χ2v) is 10.1. The molecule has 0 saturated carbocycles. The van der Waals surface area contributed by atoms with Crippen LogP contribution in [0.3, 0.4) is 0 Å². The van der Waals surface area contributed by atoms with Gasteiger partial charge in [0.1, 0.15) is 16.4 Å². The molecule has 0 bridgehead atoms. The summed E-state index contributed by atoms with van der Waals surface area (Å²) in [5.41, 5.74) is 1.41. The number of rotatable bonds is 9. The Morgan fingerprint density at radius 3 is 2.74 bits per heavy atom. The number of furan rings is 1. The van der Waals surface area contributed by atoms with E-state index in [0.717, 1.165) is 11.1 Å². The third-order valence-electron chi connectivity index (χ3n) is 5.33. The zero-order valence-electron chi connectivity index (χ0n) is 19.2. The molecule has 1 aromatic carbocycles. The predicted molar refractivity (Wildman–Crippen MR) is 135 cm³/mol. The molecule has 2 N–H and O–H groups in total. The fourth-order valence-corrected chi connectivity index (χ4v) is 5.52. The molecular formula is C24H25N3O5S2. The van der Waals surface area contributed by atoms with Crippen LogP contribution in [0.25, 0.3) is 21.5 Å². The molecule has 4 rings (SSSR count). The Hall–Kier alpha value is -3.24. The zero-order valence-corrected chi connectivity index (χ0v) is 20.8. The number of H-pyrrole nitrogens is 1. The molecule has 4 aromatic rings. The van der Waals surface area contributed by atoms with Crippen molar-refractivity contribution >= 4 is 39.2 Å². The summed E-state index contributed by atoms with van der Waals surface area (Å²) in [6, 6.07) is 9.12. The Kier molecular flexibility index (Phi) is 7.28. The fraction of sp³-hybridized carbons (Fsp3) is 0.292. The number of hydrogen-bond donors (Lipinski definition) is 2. The first kappa shape index (κ1) is 23.9. The number of thioether (sulfide) groups is 1. The van der Waals surface area contributed by atoms with E-state index in [2.05, 4.69) is 15.3 Å². The molecular weight excluding hydrogens is 474 g/mol. The lowest BCUT2D eigenvalue weighted by Gasteiger charge is -2.17. The first-order valence-electron chi connectivity index (χ1n) is 10.6. The number of aromatic amines is 1. The van der Waals surface area contributed by atoms with Gasteiger partial charge < -0.3 is 24.2 Å². The van der Waals surface area contributed by atoms with Gasteiger partial charge >= 0.3 is 0 Å². The van der Waals surface area contributed by atoms with Crippen LogP contribution in [0.5, 0.6) is 11.5 Å². The molecule has 0 radical (unpaired) electrons. The second-order valence-electron chi connectivity index (χ2n) is 7.59. The maximum absolute atomic E-state index is 12.8. The molecule has 0 saturated heterocycles. The van der Waals surface area contributed by atoms with Crippen LogP contribution in [-0.2, 0) is 11.3 Å². The third-order valence-corrected chi connectivity index (χ3v) is 7.45. The van der Waals surface area contributed by atoms with Crippen molar-refractivity contribution in [2.75, 3.05) is 14.2 Å². The minimum atomic E-state index is -0.349. The number of amides is 1. The molecule has 0 aliphatic heterocycles. The summed E-state index contributed by atoms with van der Waals surface area (Å²) in [4.78, 5) is 33.7. The van der Waals surface area contributed by atoms with Crippen LogP contribution in [0.2, 0.25) is 0 Å². The van der Waals surface area contributed by atoms with Crippen molar-refractivity contribution in [2.45, 2.75) is 30.9 Å². The molecule has 0 aliphatic carbocycles. The fourth-order valence-electron chi connectivity index (χ4n) is 3.53. The lowest BCUT2D eigenvalue weighted by atomic mass is 10.2. The van der Waals surface area contributed by atoms with Gasteiger partial charge in [-0.15, -0.1) is 23.1 Å². The normalized spacial score (nSPS) is 12.9. The van der Waals surface area contributed by atoms with Gasteiger partial charge in [0.05, 0.1) is 36.4 Å². The second kappa shape index (κ2) is 10.4. The SMILES string of the molecule is COc1ccc(CNC(=O)C(C)SC(C)c2nc3scc(-c4ccco4)c3c(=O)[nH]2)cc1OC. The van der Waals surface area contributed by atoms with Crippen molar-refractivity contribution in [2.24, 2.45) is 0 Å². The van der Waals surface area contributed by atoms with E-state index in [0.29, 0.717) is 39.8 Å². The molecule has 0 fully saturated rings. The smallest absolute Gasteiger partial charge is 0.260 e. The number of benzene rings is 1. The maximum atomic E-state index is 12.8. The molecule has 178 valence electrons. The van der Waals surface area contributed by atoms with E-state index in [1.165, 1.54) is 23.1 Å². The van der Waals surface area contributed by atoms with E-state index in [4.69, 9.17) is 13.9 Å². The highest BCUT2D eigenvalue weighted by Crippen LogP contribution is 2.34. The topological polar surface area (TPSA) is 106 Å². The maximum Gasteiger partial charge on any atom is 0.260 e. The lowest BCUT2D eigenvalue weighted by molar-refractivity contribution is -0.120. The summed E-state index contributed by atoms with van der Waals surface area (Å²) in [5, 5.41) is 4.80. The van der Waals surface area contributed by atoms with E-state index in [-0.39, 0.29) is 22.0 Å². The molecule has 0 aliphatic rings. The van der Waals surface area contributed by atoms with E-state index < -0.39 is 0 Å². The van der Waals surface area contributed by atoms with Crippen LogP contribution in [0.1, 0.15) is 30.5 Å². The minimum absolute atomic E-state index is 0.105. The quantitative estimate of drug-likeness (QED) is 0.342. The average Bonchev–Trinajstić information content (AvgIpc) is 3.52. The number of ether oxygens (including phenoxy) is 2. The number of nitrogens with one attached hydrogen (secondary N) is 2. The number of carbonyl (C=O) groups excluding carboxylic acids is 1. The van der Waals surface area contributed by atoms with E-state index >= 15 is 0 Å². The number of thiophene rings is 1. The van der Waals surface area contributed by atoms with E-state index in [1.807, 2.05) is 37.4 Å². The van der Waals surface area contributed by atoms with Gasteiger partial charge in [0.15, 0.2) is 11.5 Å². The molecule has 2 unspecified atom stereocenters. The van der Waals surface area contributed by atoms with Gasteiger partial charge in [0.25, 0.3) is 5.56 Å². The van der Waals surface area contributed by atoms with Crippen LogP contribution in [0, 0.1) is 0 Å². The molecule has 34 heavy (non-hydrogen) atoms. The van der Waals surface area contributed by atoms with Crippen molar-refractivity contribution in [1.29, 1.82) is 0 Å². The summed E-state index contributed by atoms with van der Waals surface area (Å²) in [6.45, 7) is 4.13. The number of nitrogens with zero attached hydrogens (tertiary/aromatic N) is 1. The Balaban J connectivity index is 1.41. The van der Waals surface area contributed by atoms with Crippen LogP contribution in [-0.4, -0.2) is 35.3 Å². The Labute approximate surface area is 204 Å². The van der Waals surface area contributed by atoms with Gasteiger partial charge in [-0.3, -0.25) is 9.59 Å². The summed E-state index contributed by atoms with van der Waals surface area (Å²) >= 11 is 2.82. The highest BCUT2D eigenvalue weighted by molar-refractivity contribution is 8.00. The van der Waals surface area contributed by atoms with Crippen molar-refractivity contribution in [3.63, 3.8) is 0 Å². The van der Waals surface area contributed by atoms with Crippen molar-refractivity contribution in [3.05, 3.63) is 63.7 Å². The van der Waals surface area contributed by atoms with Crippen LogP contribution >= 0.6 is 23.1 Å². The van der Waals surface area contributed by atoms with Gasteiger partial charge in [-0.2, -0.15) is 0 Å².